The summed E-state index contributed by atoms with van der Waals surface area (Å²) in [6, 6.07) is 13.7. The minimum Gasteiger partial charge on any atom is -0.497 e. The number of nitrogens with one attached hydrogen (secondary N) is 1. The molecule has 1 saturated carbocycles. The van der Waals surface area contributed by atoms with Crippen LogP contribution in [0.4, 0.5) is 0 Å². The Kier molecular flexibility index (Phi) is 5.14. The monoisotopic (exact) mass is 324 g/mol. The second-order valence-electron chi connectivity index (χ2n) is 6.38. The summed E-state index contributed by atoms with van der Waals surface area (Å²) in [5.41, 5.74) is 1.53. The number of benzene rings is 1. The van der Waals surface area contributed by atoms with Gasteiger partial charge in [-0.25, -0.2) is 0 Å². The van der Waals surface area contributed by atoms with E-state index < -0.39 is 5.41 Å². The van der Waals surface area contributed by atoms with Crippen LogP contribution in [-0.2, 0) is 16.8 Å². The molecule has 0 radical (unpaired) electrons. The summed E-state index contributed by atoms with van der Waals surface area (Å²) in [7, 11) is 1.66. The van der Waals surface area contributed by atoms with Gasteiger partial charge in [0.2, 0.25) is 5.91 Å². The van der Waals surface area contributed by atoms with E-state index in [2.05, 4.69) is 10.3 Å². The molecular formula is C20H24N2O2. The Balaban J connectivity index is 1.80. The maximum atomic E-state index is 13.1. The van der Waals surface area contributed by atoms with Crippen LogP contribution < -0.4 is 10.1 Å². The molecule has 0 spiro atoms. The molecule has 1 amide bonds. The molecule has 24 heavy (non-hydrogen) atoms. The molecule has 1 fully saturated rings. The quantitative estimate of drug-likeness (QED) is 0.914. The highest BCUT2D eigenvalue weighted by atomic mass is 16.5. The Morgan fingerprint density at radius 1 is 1.12 bits per heavy atom. The van der Waals surface area contributed by atoms with E-state index in [4.69, 9.17) is 4.74 Å². The van der Waals surface area contributed by atoms with E-state index in [1.165, 1.54) is 6.42 Å². The van der Waals surface area contributed by atoms with Crippen molar-refractivity contribution < 1.29 is 9.53 Å². The van der Waals surface area contributed by atoms with Gasteiger partial charge in [0, 0.05) is 6.20 Å². The van der Waals surface area contributed by atoms with Crippen molar-refractivity contribution in [2.75, 3.05) is 7.11 Å². The van der Waals surface area contributed by atoms with Crippen molar-refractivity contribution in [3.8, 4) is 5.75 Å². The lowest BCUT2D eigenvalue weighted by molar-refractivity contribution is -0.128. The van der Waals surface area contributed by atoms with Gasteiger partial charge >= 0.3 is 0 Å². The molecule has 4 nitrogen and oxygen atoms in total. The second kappa shape index (κ2) is 7.47. The Hall–Kier alpha value is -2.36. The topological polar surface area (TPSA) is 51.2 Å². The number of ether oxygens (including phenoxy) is 1. The number of hydrogen-bond donors (Lipinski definition) is 1. The Morgan fingerprint density at radius 2 is 1.88 bits per heavy atom. The van der Waals surface area contributed by atoms with E-state index in [-0.39, 0.29) is 5.91 Å². The number of rotatable bonds is 5. The SMILES string of the molecule is COc1ccc(C2(C(=O)NCc3ccccn3)CCCCC2)cc1. The zero-order valence-electron chi connectivity index (χ0n) is 14.1. The Bertz CT molecular complexity index is 662. The van der Waals surface area contributed by atoms with Crippen molar-refractivity contribution in [2.45, 2.75) is 44.1 Å². The number of nitrogens with zero attached hydrogens (tertiary/aromatic N) is 1. The molecule has 1 aliphatic rings. The van der Waals surface area contributed by atoms with E-state index in [1.54, 1.807) is 13.3 Å². The lowest BCUT2D eigenvalue weighted by atomic mass is 9.68. The van der Waals surface area contributed by atoms with Gasteiger partial charge in [-0.15, -0.1) is 0 Å². The van der Waals surface area contributed by atoms with Gasteiger partial charge in [0.15, 0.2) is 0 Å². The van der Waals surface area contributed by atoms with Crippen LogP contribution in [0.3, 0.4) is 0 Å². The second-order valence-corrected chi connectivity index (χ2v) is 6.38. The maximum absolute atomic E-state index is 13.1. The van der Waals surface area contributed by atoms with Gasteiger partial charge < -0.3 is 10.1 Å². The molecule has 1 aromatic carbocycles. The van der Waals surface area contributed by atoms with Crippen LogP contribution in [0.5, 0.6) is 5.75 Å². The van der Waals surface area contributed by atoms with Crippen molar-refractivity contribution in [3.63, 3.8) is 0 Å². The number of methoxy groups -OCH3 is 1. The van der Waals surface area contributed by atoms with Crippen LogP contribution in [0.1, 0.15) is 43.4 Å². The van der Waals surface area contributed by atoms with Gasteiger partial charge in [0.25, 0.3) is 0 Å². The van der Waals surface area contributed by atoms with Crippen molar-refractivity contribution >= 4 is 5.91 Å². The lowest BCUT2D eigenvalue weighted by Crippen LogP contribution is -2.45. The van der Waals surface area contributed by atoms with Crippen molar-refractivity contribution in [3.05, 3.63) is 59.9 Å². The largest absolute Gasteiger partial charge is 0.497 e. The minimum absolute atomic E-state index is 0.109. The normalized spacial score (nSPS) is 16.4. The summed E-state index contributed by atoms with van der Waals surface area (Å²) in [4.78, 5) is 17.4. The predicted molar refractivity (Wildman–Crippen MR) is 93.8 cm³/mol. The Morgan fingerprint density at radius 3 is 2.50 bits per heavy atom. The number of aromatic nitrogens is 1. The first-order chi connectivity index (χ1) is 11.7. The van der Waals surface area contributed by atoms with E-state index in [0.29, 0.717) is 6.54 Å². The fraction of sp³-hybridized carbons (Fsp3) is 0.400. The highest BCUT2D eigenvalue weighted by Crippen LogP contribution is 2.40. The third-order valence-electron chi connectivity index (χ3n) is 4.94. The minimum atomic E-state index is -0.431. The molecule has 4 heteroatoms. The summed E-state index contributed by atoms with van der Waals surface area (Å²) in [6.45, 7) is 0.470. The number of carbonyl (C=O) groups excluding carboxylic acids is 1. The summed E-state index contributed by atoms with van der Waals surface area (Å²) in [6.07, 6.45) is 6.92. The molecule has 126 valence electrons. The first-order valence-electron chi connectivity index (χ1n) is 8.57. The van der Waals surface area contributed by atoms with E-state index in [0.717, 1.165) is 42.7 Å². The first-order valence-corrected chi connectivity index (χ1v) is 8.57. The van der Waals surface area contributed by atoms with Crippen LogP contribution in [0.2, 0.25) is 0 Å². The highest BCUT2D eigenvalue weighted by molar-refractivity contribution is 5.88. The zero-order chi connectivity index (χ0) is 16.8. The molecule has 0 aliphatic heterocycles. The van der Waals surface area contributed by atoms with Gasteiger partial charge in [-0.2, -0.15) is 0 Å². The summed E-state index contributed by atoms with van der Waals surface area (Å²) in [5, 5.41) is 3.10. The number of pyridine rings is 1. The molecule has 0 unspecified atom stereocenters. The molecule has 2 aromatic rings. The standard InChI is InChI=1S/C20H24N2O2/c1-24-18-10-8-16(9-11-18)20(12-4-2-5-13-20)19(23)22-15-17-7-3-6-14-21-17/h3,6-11,14H,2,4-5,12-13,15H2,1H3,(H,22,23). The number of amides is 1. The number of hydrogen-bond acceptors (Lipinski definition) is 3. The van der Waals surface area contributed by atoms with Crippen LogP contribution in [-0.4, -0.2) is 18.0 Å². The zero-order valence-corrected chi connectivity index (χ0v) is 14.1. The van der Waals surface area contributed by atoms with Gasteiger partial charge in [-0.1, -0.05) is 37.5 Å². The molecule has 0 saturated heterocycles. The smallest absolute Gasteiger partial charge is 0.230 e. The molecule has 1 N–H and O–H groups in total. The van der Waals surface area contributed by atoms with Gasteiger partial charge in [-0.3, -0.25) is 9.78 Å². The maximum Gasteiger partial charge on any atom is 0.230 e. The van der Waals surface area contributed by atoms with Crippen molar-refractivity contribution in [2.24, 2.45) is 0 Å². The van der Waals surface area contributed by atoms with E-state index in [1.807, 2.05) is 42.5 Å². The molecule has 1 heterocycles. The van der Waals surface area contributed by atoms with Gasteiger partial charge in [0.05, 0.1) is 24.8 Å². The van der Waals surface area contributed by atoms with Crippen LogP contribution in [0.15, 0.2) is 48.7 Å². The predicted octanol–water partition coefficient (Wildman–Crippen LogP) is 3.61. The van der Waals surface area contributed by atoms with Crippen LogP contribution in [0, 0.1) is 0 Å². The third kappa shape index (κ3) is 3.42. The highest BCUT2D eigenvalue weighted by Gasteiger charge is 2.40. The van der Waals surface area contributed by atoms with Crippen LogP contribution in [0.25, 0.3) is 0 Å². The molecule has 1 aromatic heterocycles. The molecule has 1 aliphatic carbocycles. The van der Waals surface area contributed by atoms with Crippen molar-refractivity contribution in [1.82, 2.24) is 10.3 Å². The fourth-order valence-electron chi connectivity index (χ4n) is 3.55. The molecule has 0 bridgehead atoms. The van der Waals surface area contributed by atoms with Crippen LogP contribution >= 0.6 is 0 Å². The average Bonchev–Trinajstić information content (AvgIpc) is 2.67. The average molecular weight is 324 g/mol. The van der Waals surface area contributed by atoms with Gasteiger partial charge in [-0.05, 0) is 42.7 Å². The summed E-state index contributed by atoms with van der Waals surface area (Å²) >= 11 is 0. The molecular weight excluding hydrogens is 300 g/mol. The summed E-state index contributed by atoms with van der Waals surface area (Å²) < 4.78 is 5.25. The number of carbonyl (C=O) groups is 1. The fourth-order valence-corrected chi connectivity index (χ4v) is 3.55. The third-order valence-corrected chi connectivity index (χ3v) is 4.94. The molecule has 3 rings (SSSR count). The van der Waals surface area contributed by atoms with E-state index >= 15 is 0 Å². The Labute approximate surface area is 143 Å². The summed E-state index contributed by atoms with van der Waals surface area (Å²) in [5.74, 6) is 0.927. The first kappa shape index (κ1) is 16.5. The molecule has 0 atom stereocenters. The lowest BCUT2D eigenvalue weighted by Gasteiger charge is -2.36. The van der Waals surface area contributed by atoms with Crippen molar-refractivity contribution in [1.29, 1.82) is 0 Å². The van der Waals surface area contributed by atoms with E-state index in [9.17, 15) is 4.79 Å². The van der Waals surface area contributed by atoms with Gasteiger partial charge in [0.1, 0.15) is 5.75 Å².